The Labute approximate surface area is 331 Å². The molecule has 3 heterocycles. The summed E-state index contributed by atoms with van der Waals surface area (Å²) in [5.41, 5.74) is 1.36. The standard InChI is InChI=1S/C43H51F5N4O4Si/c1-22(2)57(23(3)4,24(5)6)16-15-28-32(44)14-11-25-17-27(55-21-54-10)18-29(33(25)28)37-36(45)39-35(40(49-37)43(46,47)48)38(50-52(39)26-12-13-26)34-30-19-51(20-31(30)34)41(53)56-42(7,8)9/h11,14,17-18,22-24,26,30-31,34H,12-13,19-21H2,1-10H3. The van der Waals surface area contributed by atoms with Gasteiger partial charge in [-0.1, -0.05) is 53.5 Å². The van der Waals surface area contributed by atoms with Crippen LogP contribution in [0.5, 0.6) is 5.75 Å². The molecule has 4 aromatic rings. The van der Waals surface area contributed by atoms with Crippen LogP contribution in [0.3, 0.4) is 0 Å². The van der Waals surface area contributed by atoms with Crippen LogP contribution < -0.4 is 4.74 Å². The summed E-state index contributed by atoms with van der Waals surface area (Å²) in [6.07, 6.45) is -4.24. The van der Waals surface area contributed by atoms with Crippen molar-refractivity contribution in [3.8, 4) is 28.5 Å². The molecule has 1 saturated heterocycles. The summed E-state index contributed by atoms with van der Waals surface area (Å²) in [5, 5.41) is 4.89. The largest absolute Gasteiger partial charge is 0.468 e. The number of fused-ring (bicyclic) bond motifs is 3. The van der Waals surface area contributed by atoms with E-state index < -0.39 is 54.9 Å². The number of pyridine rings is 1. The second-order valence-corrected chi connectivity index (χ2v) is 23.4. The van der Waals surface area contributed by atoms with Crippen LogP contribution in [0.4, 0.5) is 26.7 Å². The topological polar surface area (TPSA) is 78.7 Å². The van der Waals surface area contributed by atoms with Crippen LogP contribution in [-0.4, -0.2) is 66.4 Å². The average molecular weight is 811 g/mol. The fourth-order valence-electron chi connectivity index (χ4n) is 9.37. The van der Waals surface area contributed by atoms with Crippen LogP contribution in [0.2, 0.25) is 16.6 Å². The molecule has 2 aromatic heterocycles. The molecule has 3 fully saturated rings. The molecule has 0 bridgehead atoms. The predicted molar refractivity (Wildman–Crippen MR) is 212 cm³/mol. The van der Waals surface area contributed by atoms with E-state index in [1.165, 1.54) is 30.0 Å². The Bertz CT molecular complexity index is 2270. The Kier molecular flexibility index (Phi) is 10.5. The maximum atomic E-state index is 17.6. The third-order valence-corrected chi connectivity index (χ3v) is 18.3. The van der Waals surface area contributed by atoms with Crippen molar-refractivity contribution in [2.24, 2.45) is 11.8 Å². The number of carbonyl (C=O) groups is 1. The number of rotatable bonds is 9. The van der Waals surface area contributed by atoms with Gasteiger partial charge in [0.2, 0.25) is 0 Å². The van der Waals surface area contributed by atoms with E-state index in [0.717, 1.165) is 0 Å². The molecule has 2 aliphatic carbocycles. The SMILES string of the molecule is COCOc1cc(-c2nc(C(F)(F)F)c3c(C4C5CN(C(=O)OC(C)(C)C)CC54)nn(C4CC4)c3c2F)c2c(C#C[Si](C(C)C)(C(C)C)C(C)C)c(F)ccc2c1. The lowest BCUT2D eigenvalue weighted by atomic mass is 9.95. The summed E-state index contributed by atoms with van der Waals surface area (Å²) in [6, 6.07) is 5.45. The van der Waals surface area contributed by atoms with Gasteiger partial charge >= 0.3 is 12.3 Å². The van der Waals surface area contributed by atoms with Crippen molar-refractivity contribution in [3.05, 3.63) is 52.9 Å². The molecule has 2 unspecified atom stereocenters. The first kappa shape index (κ1) is 41.0. The molecule has 0 spiro atoms. The number of nitrogens with zero attached hydrogens (tertiary/aromatic N) is 4. The minimum atomic E-state index is -5.01. The van der Waals surface area contributed by atoms with Gasteiger partial charge in [-0.3, -0.25) is 4.68 Å². The van der Waals surface area contributed by atoms with Crippen molar-refractivity contribution in [3.63, 3.8) is 0 Å². The minimum Gasteiger partial charge on any atom is -0.468 e. The first-order valence-electron chi connectivity index (χ1n) is 19.8. The van der Waals surface area contributed by atoms with Gasteiger partial charge in [-0.25, -0.2) is 18.6 Å². The number of benzene rings is 2. The maximum Gasteiger partial charge on any atom is 0.434 e. The predicted octanol–water partition coefficient (Wildman–Crippen LogP) is 11.0. The number of hydrogen-bond acceptors (Lipinski definition) is 6. The third kappa shape index (κ3) is 7.28. The van der Waals surface area contributed by atoms with Crippen LogP contribution in [-0.2, 0) is 15.7 Å². The molecular formula is C43H51F5N4O4Si. The fraction of sp³-hybridized carbons (Fsp3) is 0.558. The number of methoxy groups -OCH3 is 1. The van der Waals surface area contributed by atoms with Crippen molar-refractivity contribution in [1.82, 2.24) is 19.7 Å². The number of carbonyl (C=O) groups excluding carboxylic acids is 1. The van der Waals surface area contributed by atoms with Gasteiger partial charge in [0.25, 0.3) is 0 Å². The van der Waals surface area contributed by atoms with Crippen LogP contribution >= 0.6 is 0 Å². The molecule has 7 rings (SSSR count). The second kappa shape index (κ2) is 14.6. The molecule has 0 N–H and O–H groups in total. The molecule has 306 valence electrons. The van der Waals surface area contributed by atoms with Gasteiger partial charge in [0.05, 0.1) is 22.7 Å². The summed E-state index contributed by atoms with van der Waals surface area (Å²) in [5.74, 6) is 0.937. The normalized spacial score (nSPS) is 19.8. The molecule has 8 nitrogen and oxygen atoms in total. The Hall–Kier alpha value is -4.22. The highest BCUT2D eigenvalue weighted by molar-refractivity contribution is 6.90. The lowest BCUT2D eigenvalue weighted by molar-refractivity contribution is -0.139. The van der Waals surface area contributed by atoms with Crippen LogP contribution in [0.15, 0.2) is 24.3 Å². The molecule has 1 aliphatic heterocycles. The zero-order valence-electron chi connectivity index (χ0n) is 34.2. The van der Waals surface area contributed by atoms with Crippen molar-refractivity contribution in [1.29, 1.82) is 0 Å². The van der Waals surface area contributed by atoms with E-state index in [4.69, 9.17) is 19.3 Å². The lowest BCUT2D eigenvalue weighted by Gasteiger charge is -2.38. The highest BCUT2D eigenvalue weighted by Crippen LogP contribution is 2.60. The van der Waals surface area contributed by atoms with Crippen molar-refractivity contribution < 1.29 is 41.0 Å². The number of hydrogen-bond donors (Lipinski definition) is 0. The van der Waals surface area contributed by atoms with Gasteiger partial charge in [-0.2, -0.15) is 18.3 Å². The number of halogens is 5. The first-order chi connectivity index (χ1) is 26.7. The molecule has 0 radical (unpaired) electrons. The van der Waals surface area contributed by atoms with Crippen LogP contribution in [0, 0.1) is 34.9 Å². The Morgan fingerprint density at radius 2 is 1.60 bits per heavy atom. The average Bonchev–Trinajstić information content (AvgIpc) is 3.99. The molecule has 1 amide bonds. The van der Waals surface area contributed by atoms with Gasteiger partial charge in [-0.15, -0.1) is 5.54 Å². The van der Waals surface area contributed by atoms with E-state index in [0.29, 0.717) is 31.3 Å². The molecule has 3 aliphatic rings. The van der Waals surface area contributed by atoms with E-state index in [1.54, 1.807) is 31.7 Å². The number of ether oxygens (including phenoxy) is 3. The highest BCUT2D eigenvalue weighted by atomic mass is 28.3. The number of amides is 1. The van der Waals surface area contributed by atoms with E-state index in [1.807, 2.05) is 0 Å². The summed E-state index contributed by atoms with van der Waals surface area (Å²) in [6.45, 7) is 18.5. The monoisotopic (exact) mass is 810 g/mol. The van der Waals surface area contributed by atoms with Crippen LogP contribution in [0.1, 0.15) is 104 Å². The quantitative estimate of drug-likeness (QED) is 0.0725. The molecule has 14 heteroatoms. The first-order valence-corrected chi connectivity index (χ1v) is 22.0. The number of likely N-dealkylation sites (tertiary alicyclic amines) is 1. The Balaban J connectivity index is 1.45. The molecule has 2 aromatic carbocycles. The van der Waals surface area contributed by atoms with Gasteiger partial charge in [0.1, 0.15) is 36.5 Å². The highest BCUT2D eigenvalue weighted by Gasteiger charge is 2.60. The number of aromatic nitrogens is 3. The Morgan fingerprint density at radius 1 is 0.965 bits per heavy atom. The summed E-state index contributed by atoms with van der Waals surface area (Å²) < 4.78 is 97.8. The molecule has 57 heavy (non-hydrogen) atoms. The zero-order valence-corrected chi connectivity index (χ0v) is 35.2. The molecule has 2 saturated carbocycles. The van der Waals surface area contributed by atoms with Crippen molar-refractivity contribution in [2.45, 2.75) is 116 Å². The van der Waals surface area contributed by atoms with Gasteiger partial charge < -0.3 is 19.1 Å². The Morgan fingerprint density at radius 3 is 2.14 bits per heavy atom. The van der Waals surface area contributed by atoms with E-state index >= 15 is 22.0 Å². The number of alkyl halides is 3. The van der Waals surface area contributed by atoms with Gasteiger partial charge in [-0.05, 0) is 85.7 Å². The zero-order chi connectivity index (χ0) is 41.5. The van der Waals surface area contributed by atoms with E-state index in [2.05, 4.69) is 58.0 Å². The smallest absolute Gasteiger partial charge is 0.434 e. The van der Waals surface area contributed by atoms with E-state index in [9.17, 15) is 4.79 Å². The van der Waals surface area contributed by atoms with Crippen molar-refractivity contribution >= 4 is 35.8 Å². The minimum absolute atomic E-state index is 0.0359. The molecule has 2 atom stereocenters. The third-order valence-electron chi connectivity index (χ3n) is 12.0. The van der Waals surface area contributed by atoms with E-state index in [-0.39, 0.29) is 80.2 Å². The fourth-order valence-corrected chi connectivity index (χ4v) is 14.6. The van der Waals surface area contributed by atoms with Gasteiger partial charge in [0, 0.05) is 37.1 Å². The second-order valence-electron chi connectivity index (χ2n) is 17.8. The summed E-state index contributed by atoms with van der Waals surface area (Å²) in [4.78, 5) is 18.5. The van der Waals surface area contributed by atoms with Crippen LogP contribution in [0.25, 0.3) is 32.9 Å². The summed E-state index contributed by atoms with van der Waals surface area (Å²) in [7, 11) is -1.00. The van der Waals surface area contributed by atoms with Gasteiger partial charge in [0.15, 0.2) is 18.3 Å². The van der Waals surface area contributed by atoms with Crippen molar-refractivity contribution in [2.75, 3.05) is 27.0 Å². The molecular weight excluding hydrogens is 760 g/mol. The lowest BCUT2D eigenvalue weighted by Crippen LogP contribution is -2.43. The maximum absolute atomic E-state index is 17.6. The number of piperidine rings is 1. The summed E-state index contributed by atoms with van der Waals surface area (Å²) >= 11 is 0.